The van der Waals surface area contributed by atoms with Gasteiger partial charge in [0.2, 0.25) is 0 Å². The molecule has 1 atom stereocenters. The first-order valence-corrected chi connectivity index (χ1v) is 6.66. The van der Waals surface area contributed by atoms with Gasteiger partial charge in [0.25, 0.3) is 0 Å². The highest BCUT2D eigenvalue weighted by molar-refractivity contribution is 6.35. The van der Waals surface area contributed by atoms with Crippen molar-refractivity contribution in [2.45, 2.75) is 39.0 Å². The standard InChI is InChI=1S/C15H19N3O2/c1-11(17-16)14(19)18-13(10-20-15(18,2)3)9-12-7-5-4-6-8-12/h4-8,13H,9-10H2,1-3H3. The van der Waals surface area contributed by atoms with Gasteiger partial charge in [-0.1, -0.05) is 30.3 Å². The molecule has 20 heavy (non-hydrogen) atoms. The second-order valence-corrected chi connectivity index (χ2v) is 5.46. The van der Waals surface area contributed by atoms with E-state index in [0.29, 0.717) is 13.0 Å². The molecule has 1 saturated heterocycles. The first-order valence-electron chi connectivity index (χ1n) is 6.66. The highest BCUT2D eigenvalue weighted by atomic mass is 16.5. The van der Waals surface area contributed by atoms with Crippen LogP contribution in [0.2, 0.25) is 0 Å². The number of benzene rings is 1. The summed E-state index contributed by atoms with van der Waals surface area (Å²) in [6.45, 7) is 5.67. The number of amides is 1. The van der Waals surface area contributed by atoms with Crippen molar-refractivity contribution in [2.24, 2.45) is 0 Å². The molecule has 0 N–H and O–H groups in total. The van der Waals surface area contributed by atoms with Crippen molar-refractivity contribution in [1.82, 2.24) is 4.90 Å². The molecular weight excluding hydrogens is 254 g/mol. The van der Waals surface area contributed by atoms with Gasteiger partial charge < -0.3 is 10.3 Å². The monoisotopic (exact) mass is 273 g/mol. The SMILES string of the molecule is CC(=[N+]=[N-])C(=O)N1C(Cc2ccccc2)COC1(C)C. The zero-order chi connectivity index (χ0) is 14.8. The predicted octanol–water partition coefficient (Wildman–Crippen LogP) is 1.88. The first kappa shape index (κ1) is 14.4. The molecule has 1 aromatic carbocycles. The summed E-state index contributed by atoms with van der Waals surface area (Å²) < 4.78 is 5.72. The van der Waals surface area contributed by atoms with Crippen LogP contribution < -0.4 is 0 Å². The molecule has 106 valence electrons. The molecular formula is C15H19N3O2. The molecule has 0 bridgehead atoms. The van der Waals surface area contributed by atoms with E-state index in [1.807, 2.05) is 44.2 Å². The van der Waals surface area contributed by atoms with Gasteiger partial charge in [0, 0.05) is 6.92 Å². The van der Waals surface area contributed by atoms with Crippen molar-refractivity contribution in [1.29, 1.82) is 0 Å². The second kappa shape index (κ2) is 5.57. The third-order valence-electron chi connectivity index (χ3n) is 3.57. The Morgan fingerprint density at radius 2 is 2.10 bits per heavy atom. The van der Waals surface area contributed by atoms with Gasteiger partial charge in [-0.15, -0.1) is 0 Å². The predicted molar refractivity (Wildman–Crippen MR) is 75.1 cm³/mol. The summed E-state index contributed by atoms with van der Waals surface area (Å²) in [4.78, 5) is 17.0. The number of hydrogen-bond acceptors (Lipinski definition) is 2. The molecule has 1 amide bonds. The Bertz CT molecular complexity index is 547. The number of carbonyl (C=O) groups is 1. The van der Waals surface area contributed by atoms with E-state index in [0.717, 1.165) is 5.56 Å². The van der Waals surface area contributed by atoms with Gasteiger partial charge in [-0.2, -0.15) is 4.79 Å². The average Bonchev–Trinajstić information content (AvgIpc) is 2.73. The third-order valence-corrected chi connectivity index (χ3v) is 3.57. The quantitative estimate of drug-likeness (QED) is 0.479. The van der Waals surface area contributed by atoms with E-state index < -0.39 is 5.72 Å². The molecule has 0 saturated carbocycles. The summed E-state index contributed by atoms with van der Waals surface area (Å²) in [5, 5.41) is 0. The molecule has 5 nitrogen and oxygen atoms in total. The lowest BCUT2D eigenvalue weighted by Gasteiger charge is -2.32. The van der Waals surface area contributed by atoms with Gasteiger partial charge in [-0.25, -0.2) is 0 Å². The Hall–Kier alpha value is -1.97. The zero-order valence-corrected chi connectivity index (χ0v) is 12.0. The molecule has 1 aliphatic rings. The molecule has 0 aliphatic carbocycles. The van der Waals surface area contributed by atoms with Crippen LogP contribution >= 0.6 is 0 Å². The number of nitrogens with zero attached hydrogens (tertiary/aromatic N) is 3. The van der Waals surface area contributed by atoms with Crippen LogP contribution in [0.3, 0.4) is 0 Å². The van der Waals surface area contributed by atoms with Gasteiger partial charge in [0.1, 0.15) is 5.72 Å². The maximum atomic E-state index is 12.3. The lowest BCUT2D eigenvalue weighted by atomic mass is 10.0. The molecule has 0 spiro atoms. The fraction of sp³-hybridized carbons (Fsp3) is 0.467. The minimum absolute atomic E-state index is 0.0587. The summed E-state index contributed by atoms with van der Waals surface area (Å²) in [6.07, 6.45) is 0.717. The molecule has 0 aromatic heterocycles. The number of carbonyl (C=O) groups excluding carboxylic acids is 1. The van der Waals surface area contributed by atoms with E-state index in [4.69, 9.17) is 10.3 Å². The summed E-state index contributed by atoms with van der Waals surface area (Å²) >= 11 is 0. The van der Waals surface area contributed by atoms with E-state index in [1.165, 1.54) is 6.92 Å². The third kappa shape index (κ3) is 2.79. The van der Waals surface area contributed by atoms with Crippen LogP contribution in [0.4, 0.5) is 0 Å². The van der Waals surface area contributed by atoms with Gasteiger partial charge in [0.05, 0.1) is 12.6 Å². The van der Waals surface area contributed by atoms with Crippen molar-refractivity contribution in [2.75, 3.05) is 6.61 Å². The molecule has 1 unspecified atom stereocenters. The summed E-state index contributed by atoms with van der Waals surface area (Å²) in [5.74, 6) is -0.295. The molecule has 1 fully saturated rings. The Balaban J connectivity index is 2.24. The van der Waals surface area contributed by atoms with Crippen LogP contribution in [0.5, 0.6) is 0 Å². The Labute approximate surface area is 118 Å². The van der Waals surface area contributed by atoms with Crippen molar-refractivity contribution in [3.63, 3.8) is 0 Å². The average molecular weight is 273 g/mol. The number of rotatable bonds is 3. The molecule has 1 aliphatic heterocycles. The maximum Gasteiger partial charge on any atom is 0.353 e. The second-order valence-electron chi connectivity index (χ2n) is 5.46. The van der Waals surface area contributed by atoms with E-state index >= 15 is 0 Å². The minimum Gasteiger partial charge on any atom is -0.361 e. The number of ether oxygens (including phenoxy) is 1. The van der Waals surface area contributed by atoms with Crippen LogP contribution in [0.25, 0.3) is 5.53 Å². The fourth-order valence-corrected chi connectivity index (χ4v) is 2.55. The van der Waals surface area contributed by atoms with Crippen LogP contribution in [0.15, 0.2) is 30.3 Å². The highest BCUT2D eigenvalue weighted by Crippen LogP contribution is 2.29. The Kier molecular flexibility index (Phi) is 4.02. The van der Waals surface area contributed by atoms with Crippen molar-refractivity contribution in [3.05, 3.63) is 41.4 Å². The van der Waals surface area contributed by atoms with E-state index in [9.17, 15) is 4.79 Å². The molecule has 0 radical (unpaired) electrons. The maximum absolute atomic E-state index is 12.3. The lowest BCUT2D eigenvalue weighted by Crippen LogP contribution is -2.51. The van der Waals surface area contributed by atoms with Crippen molar-refractivity contribution >= 4 is 11.6 Å². The molecule has 2 rings (SSSR count). The summed E-state index contributed by atoms with van der Waals surface area (Å²) in [7, 11) is 0. The van der Waals surface area contributed by atoms with E-state index in [1.54, 1.807) is 4.90 Å². The Morgan fingerprint density at radius 1 is 1.45 bits per heavy atom. The molecule has 1 heterocycles. The van der Waals surface area contributed by atoms with Gasteiger partial charge in [-0.05, 0) is 25.8 Å². The smallest absolute Gasteiger partial charge is 0.353 e. The van der Waals surface area contributed by atoms with Crippen LogP contribution in [0.1, 0.15) is 26.3 Å². The largest absolute Gasteiger partial charge is 0.361 e. The molecule has 5 heteroatoms. The van der Waals surface area contributed by atoms with Crippen LogP contribution in [0, 0.1) is 0 Å². The normalized spacial score (nSPS) is 20.6. The van der Waals surface area contributed by atoms with Gasteiger partial charge in [0.15, 0.2) is 0 Å². The molecule has 1 aromatic rings. The topological polar surface area (TPSA) is 65.9 Å². The Morgan fingerprint density at radius 3 is 2.70 bits per heavy atom. The van der Waals surface area contributed by atoms with Crippen molar-refractivity contribution in [3.8, 4) is 0 Å². The highest BCUT2D eigenvalue weighted by Gasteiger charge is 2.45. The first-order chi connectivity index (χ1) is 9.45. The minimum atomic E-state index is -0.692. The lowest BCUT2D eigenvalue weighted by molar-refractivity contribution is -0.143. The van der Waals surface area contributed by atoms with E-state index in [2.05, 4.69) is 4.79 Å². The van der Waals surface area contributed by atoms with Crippen LogP contribution in [-0.2, 0) is 16.0 Å². The fourth-order valence-electron chi connectivity index (χ4n) is 2.55. The number of hydrogen-bond donors (Lipinski definition) is 0. The zero-order valence-electron chi connectivity index (χ0n) is 12.0. The van der Waals surface area contributed by atoms with Crippen LogP contribution in [-0.4, -0.2) is 39.7 Å². The van der Waals surface area contributed by atoms with Gasteiger partial charge in [-0.3, -0.25) is 9.69 Å². The summed E-state index contributed by atoms with van der Waals surface area (Å²) in [6, 6.07) is 9.91. The summed E-state index contributed by atoms with van der Waals surface area (Å²) in [5.41, 5.74) is 9.34. The van der Waals surface area contributed by atoms with Crippen molar-refractivity contribution < 1.29 is 14.3 Å². The van der Waals surface area contributed by atoms with Gasteiger partial charge >= 0.3 is 11.6 Å². The van der Waals surface area contributed by atoms with E-state index in [-0.39, 0.29) is 17.7 Å².